The highest BCUT2D eigenvalue weighted by Crippen LogP contribution is 2.27. The molecule has 182 valence electrons. The molecule has 3 rings (SSSR count). The van der Waals surface area contributed by atoms with Gasteiger partial charge in [-0.15, -0.1) is 0 Å². The fourth-order valence-electron chi connectivity index (χ4n) is 3.96. The first-order valence-corrected chi connectivity index (χ1v) is 12.3. The highest BCUT2D eigenvalue weighted by molar-refractivity contribution is 7.89. The van der Waals surface area contributed by atoms with E-state index >= 15 is 0 Å². The van der Waals surface area contributed by atoms with Gasteiger partial charge in [-0.1, -0.05) is 26.0 Å². The maximum atomic E-state index is 13.1. The number of nitrogens with one attached hydrogen (secondary N) is 1. The fourth-order valence-corrected chi connectivity index (χ4v) is 5.68. The van der Waals surface area contributed by atoms with Crippen molar-refractivity contribution < 1.29 is 27.7 Å². The van der Waals surface area contributed by atoms with Crippen molar-refractivity contribution in [3.8, 4) is 0 Å². The van der Waals surface area contributed by atoms with Crippen LogP contribution in [0.25, 0.3) is 0 Å². The molecule has 2 aromatic carbocycles. The van der Waals surface area contributed by atoms with Crippen LogP contribution in [0.2, 0.25) is 0 Å². The molecule has 1 aliphatic heterocycles. The van der Waals surface area contributed by atoms with Gasteiger partial charge >= 0.3 is 5.97 Å². The van der Waals surface area contributed by atoms with Crippen LogP contribution in [0.3, 0.4) is 0 Å². The third-order valence-electron chi connectivity index (χ3n) is 5.52. The highest BCUT2D eigenvalue weighted by Gasteiger charge is 2.32. The van der Waals surface area contributed by atoms with Gasteiger partial charge < -0.3 is 10.1 Å². The number of sulfonamides is 1. The summed E-state index contributed by atoms with van der Waals surface area (Å²) in [6.07, 6.45) is -0.273. The van der Waals surface area contributed by atoms with Crippen molar-refractivity contribution in [2.45, 2.75) is 38.2 Å². The van der Waals surface area contributed by atoms with E-state index in [2.05, 4.69) is 5.32 Å². The second-order valence-electron chi connectivity index (χ2n) is 8.64. The Hall–Kier alpha value is -3.31. The Labute approximate surface area is 198 Å². The minimum atomic E-state index is -3.79. The Balaban J connectivity index is 1.69. The average molecular weight is 490 g/mol. The van der Waals surface area contributed by atoms with Crippen molar-refractivity contribution in [3.63, 3.8) is 0 Å². The molecule has 0 bridgehead atoms. The second kappa shape index (κ2) is 10.3. The van der Waals surface area contributed by atoms with Gasteiger partial charge in [0, 0.05) is 30.9 Å². The number of esters is 1. The fraction of sp³-hybridized carbons (Fsp3) is 0.391. The summed E-state index contributed by atoms with van der Waals surface area (Å²) in [5, 5.41) is 13.3. The zero-order valence-electron chi connectivity index (χ0n) is 19.1. The molecule has 0 radical (unpaired) electrons. The number of non-ortho nitro benzene ring substituents is 1. The number of anilines is 1. The molecule has 0 saturated carbocycles. The van der Waals surface area contributed by atoms with Gasteiger partial charge in [-0.05, 0) is 49.4 Å². The summed E-state index contributed by atoms with van der Waals surface area (Å²) in [6, 6.07) is 10.9. The lowest BCUT2D eigenvalue weighted by atomic mass is 9.94. The molecule has 0 aromatic heterocycles. The molecule has 3 atom stereocenters. The molecule has 10 nitrogen and oxygen atoms in total. The van der Waals surface area contributed by atoms with Crippen molar-refractivity contribution >= 4 is 33.3 Å². The minimum Gasteiger partial charge on any atom is -0.449 e. The third-order valence-corrected chi connectivity index (χ3v) is 7.35. The highest BCUT2D eigenvalue weighted by atomic mass is 32.2. The SMILES string of the molecule is CC1CC(C)CN(S(=O)(=O)c2cccc(C(=O)OC(C)C(=O)Nc3cccc([N+](=O)[O-])c3)c2)C1. The van der Waals surface area contributed by atoms with Gasteiger partial charge in [0.2, 0.25) is 10.0 Å². The van der Waals surface area contributed by atoms with Crippen molar-refractivity contribution in [1.29, 1.82) is 0 Å². The number of piperidine rings is 1. The largest absolute Gasteiger partial charge is 0.449 e. The van der Waals surface area contributed by atoms with Gasteiger partial charge in [-0.2, -0.15) is 4.31 Å². The topological polar surface area (TPSA) is 136 Å². The summed E-state index contributed by atoms with van der Waals surface area (Å²) in [5.41, 5.74) is -0.0210. The summed E-state index contributed by atoms with van der Waals surface area (Å²) in [6.45, 7) is 6.19. The molecule has 1 aliphatic rings. The van der Waals surface area contributed by atoms with E-state index in [4.69, 9.17) is 4.74 Å². The molecule has 1 heterocycles. The van der Waals surface area contributed by atoms with Gasteiger partial charge in [0.25, 0.3) is 11.6 Å². The summed E-state index contributed by atoms with van der Waals surface area (Å²) >= 11 is 0. The van der Waals surface area contributed by atoms with E-state index in [1.807, 2.05) is 13.8 Å². The van der Waals surface area contributed by atoms with Gasteiger partial charge in [-0.3, -0.25) is 14.9 Å². The number of rotatable bonds is 7. The predicted molar refractivity (Wildman–Crippen MR) is 125 cm³/mol. The molecule has 2 aromatic rings. The molecular weight excluding hydrogens is 462 g/mol. The van der Waals surface area contributed by atoms with Crippen LogP contribution in [0, 0.1) is 22.0 Å². The van der Waals surface area contributed by atoms with Crippen LogP contribution in [0.15, 0.2) is 53.4 Å². The van der Waals surface area contributed by atoms with E-state index in [0.29, 0.717) is 13.1 Å². The number of nitro groups is 1. The van der Waals surface area contributed by atoms with Crippen LogP contribution in [0.4, 0.5) is 11.4 Å². The Morgan fingerprint density at radius 2 is 1.76 bits per heavy atom. The number of carbonyl (C=O) groups excluding carboxylic acids is 2. The van der Waals surface area contributed by atoms with E-state index in [1.165, 1.54) is 59.8 Å². The first kappa shape index (κ1) is 25.3. The van der Waals surface area contributed by atoms with Crippen LogP contribution >= 0.6 is 0 Å². The smallest absolute Gasteiger partial charge is 0.338 e. The van der Waals surface area contributed by atoms with E-state index in [1.54, 1.807) is 0 Å². The number of nitrogens with zero attached hydrogens (tertiary/aromatic N) is 2. The summed E-state index contributed by atoms with van der Waals surface area (Å²) in [4.78, 5) is 35.3. The zero-order chi connectivity index (χ0) is 25.0. The van der Waals surface area contributed by atoms with E-state index in [9.17, 15) is 28.1 Å². The van der Waals surface area contributed by atoms with E-state index in [0.717, 1.165) is 6.42 Å². The van der Waals surface area contributed by atoms with Crippen LogP contribution in [0.1, 0.15) is 37.6 Å². The van der Waals surface area contributed by atoms with Crippen LogP contribution in [0.5, 0.6) is 0 Å². The number of amides is 1. The Bertz CT molecular complexity index is 1190. The standard InChI is InChI=1S/C23H27N3O7S/c1-15-10-16(2)14-25(13-15)34(31,32)21-9-4-6-18(11-21)23(28)33-17(3)22(27)24-19-7-5-8-20(12-19)26(29)30/h4-9,11-12,15-17H,10,13-14H2,1-3H3,(H,24,27). The van der Waals surface area contributed by atoms with Crippen molar-refractivity contribution in [2.24, 2.45) is 11.8 Å². The third kappa shape index (κ3) is 5.97. The Morgan fingerprint density at radius 3 is 2.41 bits per heavy atom. The number of ether oxygens (including phenoxy) is 1. The maximum Gasteiger partial charge on any atom is 0.338 e. The normalized spacial score (nSPS) is 19.7. The molecule has 11 heteroatoms. The monoisotopic (exact) mass is 489 g/mol. The van der Waals surface area contributed by atoms with Crippen molar-refractivity contribution in [1.82, 2.24) is 4.31 Å². The maximum absolute atomic E-state index is 13.1. The summed E-state index contributed by atoms with van der Waals surface area (Å²) in [5.74, 6) is -1.08. The second-order valence-corrected chi connectivity index (χ2v) is 10.6. The molecule has 1 fully saturated rings. The molecular formula is C23H27N3O7S. The summed E-state index contributed by atoms with van der Waals surface area (Å²) < 4.78 is 32.9. The van der Waals surface area contributed by atoms with Gasteiger partial charge in [-0.25, -0.2) is 13.2 Å². The first-order chi connectivity index (χ1) is 16.0. The lowest BCUT2D eigenvalue weighted by molar-refractivity contribution is -0.384. The molecule has 34 heavy (non-hydrogen) atoms. The first-order valence-electron chi connectivity index (χ1n) is 10.8. The lowest BCUT2D eigenvalue weighted by Gasteiger charge is -2.34. The van der Waals surface area contributed by atoms with Crippen LogP contribution < -0.4 is 5.32 Å². The van der Waals surface area contributed by atoms with Crippen molar-refractivity contribution in [3.05, 3.63) is 64.2 Å². The quantitative estimate of drug-likeness (QED) is 0.357. The minimum absolute atomic E-state index is 0.00539. The van der Waals surface area contributed by atoms with Gasteiger partial charge in [0.05, 0.1) is 15.4 Å². The summed E-state index contributed by atoms with van der Waals surface area (Å²) in [7, 11) is -3.79. The van der Waals surface area contributed by atoms with E-state index < -0.39 is 32.9 Å². The molecule has 3 unspecified atom stereocenters. The Morgan fingerprint density at radius 1 is 1.12 bits per heavy atom. The predicted octanol–water partition coefficient (Wildman–Crippen LogP) is 3.45. The Kier molecular flexibility index (Phi) is 7.68. The molecule has 0 aliphatic carbocycles. The van der Waals surface area contributed by atoms with Crippen LogP contribution in [-0.4, -0.2) is 48.7 Å². The van der Waals surface area contributed by atoms with Crippen molar-refractivity contribution in [2.75, 3.05) is 18.4 Å². The average Bonchev–Trinajstić information content (AvgIpc) is 2.78. The molecule has 1 saturated heterocycles. The number of benzene rings is 2. The molecule has 0 spiro atoms. The number of nitro benzene ring substituents is 1. The molecule has 1 amide bonds. The van der Waals surface area contributed by atoms with Gasteiger partial charge in [0.1, 0.15) is 0 Å². The number of hydrogen-bond donors (Lipinski definition) is 1. The lowest BCUT2D eigenvalue weighted by Crippen LogP contribution is -2.42. The van der Waals surface area contributed by atoms with Gasteiger partial charge in [0.15, 0.2) is 6.10 Å². The zero-order valence-corrected chi connectivity index (χ0v) is 19.9. The van der Waals surface area contributed by atoms with Crippen LogP contribution in [-0.2, 0) is 19.6 Å². The molecule has 1 N–H and O–H groups in total. The number of hydrogen-bond acceptors (Lipinski definition) is 7. The van der Waals surface area contributed by atoms with E-state index in [-0.39, 0.29) is 33.7 Å². The number of carbonyl (C=O) groups is 2.